The molecule has 0 saturated heterocycles. The maximum atomic E-state index is 12.3. The Morgan fingerprint density at radius 1 is 1.31 bits per heavy atom. The number of nitrogens with zero attached hydrogens (tertiary/aromatic N) is 2. The first-order chi connectivity index (χ1) is 12.2. The Morgan fingerprint density at radius 3 is 2.46 bits per heavy atom. The molecule has 7 nitrogen and oxygen atoms in total. The Kier molecular flexibility index (Phi) is 5.86. The molecule has 2 rings (SSSR count). The van der Waals surface area contributed by atoms with Crippen molar-refractivity contribution in [2.24, 2.45) is 0 Å². The van der Waals surface area contributed by atoms with Crippen LogP contribution in [0.3, 0.4) is 0 Å². The van der Waals surface area contributed by atoms with E-state index in [1.54, 1.807) is 19.2 Å². The quantitative estimate of drug-likeness (QED) is 0.781. The first-order valence-corrected chi connectivity index (χ1v) is 7.52. The zero-order valence-electron chi connectivity index (χ0n) is 13.6. The third-order valence-electron chi connectivity index (χ3n) is 3.51. The minimum absolute atomic E-state index is 0.336. The lowest BCUT2D eigenvalue weighted by atomic mass is 10.0. The van der Waals surface area contributed by atoms with Gasteiger partial charge in [0.1, 0.15) is 11.8 Å². The number of aliphatic carboxylic acids is 1. The number of carboxylic acid groups (broad SMARTS) is 1. The summed E-state index contributed by atoms with van der Waals surface area (Å²) in [7, 11) is 0. The average molecular weight is 371 g/mol. The van der Waals surface area contributed by atoms with E-state index in [0.29, 0.717) is 5.56 Å². The first kappa shape index (κ1) is 19.3. The second kappa shape index (κ2) is 7.89. The molecule has 0 aliphatic rings. The monoisotopic (exact) mass is 371 g/mol. The van der Waals surface area contributed by atoms with Crippen molar-refractivity contribution in [1.82, 2.24) is 15.1 Å². The molecule has 2 N–H and O–H groups in total. The molecule has 0 saturated carbocycles. The number of nitrogens with one attached hydrogen (secondary N) is 1. The lowest BCUT2D eigenvalue weighted by Crippen LogP contribution is -2.35. The second-order valence-electron chi connectivity index (χ2n) is 5.44. The zero-order chi connectivity index (χ0) is 19.3. The third kappa shape index (κ3) is 5.50. The van der Waals surface area contributed by atoms with E-state index in [2.05, 4.69) is 15.2 Å². The van der Waals surface area contributed by atoms with E-state index < -0.39 is 42.5 Å². The number of hydrogen-bond acceptors (Lipinski definition) is 4. The van der Waals surface area contributed by atoms with Crippen molar-refractivity contribution < 1.29 is 32.6 Å². The van der Waals surface area contributed by atoms with Crippen LogP contribution in [0.1, 0.15) is 31.0 Å². The molecule has 0 spiro atoms. The van der Waals surface area contributed by atoms with E-state index in [-0.39, 0.29) is 0 Å². The van der Waals surface area contributed by atoms with Gasteiger partial charge in [0.25, 0.3) is 0 Å². The van der Waals surface area contributed by atoms with Crippen LogP contribution < -0.4 is 10.1 Å². The van der Waals surface area contributed by atoms with Crippen LogP contribution in [0.4, 0.5) is 13.2 Å². The summed E-state index contributed by atoms with van der Waals surface area (Å²) in [5.74, 6) is -2.08. The van der Waals surface area contributed by atoms with E-state index in [4.69, 9.17) is 5.11 Å². The van der Waals surface area contributed by atoms with Gasteiger partial charge in [-0.15, -0.1) is 13.2 Å². The molecule has 140 valence electrons. The number of carbonyl (C=O) groups is 2. The maximum Gasteiger partial charge on any atom is 0.573 e. The van der Waals surface area contributed by atoms with Gasteiger partial charge in [0.15, 0.2) is 0 Å². The Morgan fingerprint density at radius 2 is 1.96 bits per heavy atom. The Balaban J connectivity index is 2.13. The van der Waals surface area contributed by atoms with E-state index in [0.717, 1.165) is 12.1 Å². The van der Waals surface area contributed by atoms with E-state index in [1.165, 1.54) is 23.0 Å². The van der Waals surface area contributed by atoms with Crippen LogP contribution in [0.2, 0.25) is 0 Å². The van der Waals surface area contributed by atoms with Gasteiger partial charge in [0.2, 0.25) is 5.91 Å². The van der Waals surface area contributed by atoms with Crippen molar-refractivity contribution in [3.63, 3.8) is 0 Å². The molecule has 0 aliphatic heterocycles. The molecular formula is C16H16F3N3O4. The highest BCUT2D eigenvalue weighted by molar-refractivity contribution is 5.81. The van der Waals surface area contributed by atoms with Gasteiger partial charge in [-0.05, 0) is 30.7 Å². The normalized spacial score (nSPS) is 13.7. The predicted molar refractivity (Wildman–Crippen MR) is 83.2 cm³/mol. The van der Waals surface area contributed by atoms with Gasteiger partial charge in [-0.3, -0.25) is 14.3 Å². The van der Waals surface area contributed by atoms with Crippen LogP contribution >= 0.6 is 0 Å². The Labute approximate surface area is 146 Å². The van der Waals surface area contributed by atoms with Crippen LogP contribution in [0.25, 0.3) is 0 Å². The van der Waals surface area contributed by atoms with Crippen LogP contribution in [-0.4, -0.2) is 33.1 Å². The predicted octanol–water partition coefficient (Wildman–Crippen LogP) is 2.67. The Bertz CT molecular complexity index is 745. The average Bonchev–Trinajstić information content (AvgIpc) is 3.06. The lowest BCUT2D eigenvalue weighted by molar-refractivity contribution is -0.274. The molecule has 0 aliphatic carbocycles. The highest BCUT2D eigenvalue weighted by Crippen LogP contribution is 2.25. The molecule has 0 fully saturated rings. The SMILES string of the molecule is CC(C(=O)NC(CC(=O)O)c1ccc(OC(F)(F)F)cc1)n1cccn1. The Hall–Kier alpha value is -3.04. The summed E-state index contributed by atoms with van der Waals surface area (Å²) in [6.45, 7) is 1.58. The molecule has 0 bridgehead atoms. The van der Waals surface area contributed by atoms with Crippen LogP contribution in [0.15, 0.2) is 42.7 Å². The molecular weight excluding hydrogens is 355 g/mol. The molecule has 2 aromatic rings. The van der Waals surface area contributed by atoms with E-state index in [9.17, 15) is 22.8 Å². The fourth-order valence-corrected chi connectivity index (χ4v) is 2.25. The van der Waals surface area contributed by atoms with Crippen molar-refractivity contribution in [1.29, 1.82) is 0 Å². The van der Waals surface area contributed by atoms with Gasteiger partial charge in [0, 0.05) is 12.4 Å². The van der Waals surface area contributed by atoms with Crippen molar-refractivity contribution in [3.8, 4) is 5.75 Å². The summed E-state index contributed by atoms with van der Waals surface area (Å²) in [4.78, 5) is 23.4. The van der Waals surface area contributed by atoms with Gasteiger partial charge < -0.3 is 15.2 Å². The van der Waals surface area contributed by atoms with Crippen molar-refractivity contribution >= 4 is 11.9 Å². The smallest absolute Gasteiger partial charge is 0.481 e. The lowest BCUT2D eigenvalue weighted by Gasteiger charge is -2.21. The third-order valence-corrected chi connectivity index (χ3v) is 3.51. The van der Waals surface area contributed by atoms with Gasteiger partial charge in [-0.2, -0.15) is 5.10 Å². The largest absolute Gasteiger partial charge is 0.573 e. The van der Waals surface area contributed by atoms with Crippen molar-refractivity contribution in [2.75, 3.05) is 0 Å². The topological polar surface area (TPSA) is 93.5 Å². The number of ether oxygens (including phenoxy) is 1. The number of amides is 1. The summed E-state index contributed by atoms with van der Waals surface area (Å²) in [6, 6.07) is 4.69. The number of hydrogen-bond donors (Lipinski definition) is 2. The fourth-order valence-electron chi connectivity index (χ4n) is 2.25. The molecule has 0 radical (unpaired) electrons. The number of alkyl halides is 3. The molecule has 10 heteroatoms. The van der Waals surface area contributed by atoms with Gasteiger partial charge in [0.05, 0.1) is 12.5 Å². The number of carboxylic acids is 1. The molecule has 2 atom stereocenters. The molecule has 26 heavy (non-hydrogen) atoms. The standard InChI is InChI=1S/C16H16F3N3O4/c1-10(22-8-2-7-20-22)15(25)21-13(9-14(23)24)11-3-5-12(6-4-11)26-16(17,18)19/h2-8,10,13H,9H2,1H3,(H,21,25)(H,23,24). The number of halogens is 3. The molecule has 1 aromatic carbocycles. The van der Waals surface area contributed by atoms with Gasteiger partial charge in [-0.25, -0.2) is 0 Å². The first-order valence-electron chi connectivity index (χ1n) is 7.52. The zero-order valence-corrected chi connectivity index (χ0v) is 13.6. The highest BCUT2D eigenvalue weighted by Gasteiger charge is 2.31. The number of carbonyl (C=O) groups excluding carboxylic acids is 1. The number of aromatic nitrogens is 2. The number of benzene rings is 1. The highest BCUT2D eigenvalue weighted by atomic mass is 19.4. The summed E-state index contributed by atoms with van der Waals surface area (Å²) >= 11 is 0. The van der Waals surface area contributed by atoms with Crippen LogP contribution in [0, 0.1) is 0 Å². The minimum atomic E-state index is -4.82. The van der Waals surface area contributed by atoms with Gasteiger partial charge in [-0.1, -0.05) is 12.1 Å². The van der Waals surface area contributed by atoms with Crippen LogP contribution in [0.5, 0.6) is 5.75 Å². The molecule has 1 heterocycles. The second-order valence-corrected chi connectivity index (χ2v) is 5.44. The van der Waals surface area contributed by atoms with E-state index >= 15 is 0 Å². The summed E-state index contributed by atoms with van der Waals surface area (Å²) in [6.07, 6.45) is -2.18. The van der Waals surface area contributed by atoms with Crippen LogP contribution in [-0.2, 0) is 9.59 Å². The fraction of sp³-hybridized carbons (Fsp3) is 0.312. The maximum absolute atomic E-state index is 12.3. The summed E-state index contributed by atoms with van der Waals surface area (Å²) in [5.41, 5.74) is 0.336. The minimum Gasteiger partial charge on any atom is -0.481 e. The molecule has 1 aromatic heterocycles. The van der Waals surface area contributed by atoms with Crippen molar-refractivity contribution in [2.45, 2.75) is 31.8 Å². The van der Waals surface area contributed by atoms with E-state index in [1.807, 2.05) is 0 Å². The molecule has 1 amide bonds. The summed E-state index contributed by atoms with van der Waals surface area (Å²) in [5, 5.41) is 15.6. The molecule has 2 unspecified atom stereocenters. The number of rotatable bonds is 7. The van der Waals surface area contributed by atoms with Crippen molar-refractivity contribution in [3.05, 3.63) is 48.3 Å². The van der Waals surface area contributed by atoms with Gasteiger partial charge >= 0.3 is 12.3 Å². The summed E-state index contributed by atoms with van der Waals surface area (Å²) < 4.78 is 41.8.